The highest BCUT2D eigenvalue weighted by Gasteiger charge is 2.32. The first-order chi connectivity index (χ1) is 37.6. The van der Waals surface area contributed by atoms with Crippen molar-refractivity contribution in [3.05, 3.63) is 205 Å². The zero-order chi connectivity index (χ0) is 55.6. The second-order valence-electron chi connectivity index (χ2n) is 21.2. The molecule has 1 aliphatic rings. The molecular weight excluding hydrogens is 881 g/mol. The van der Waals surface area contributed by atoms with Gasteiger partial charge in [0.25, 0.3) is 0 Å². The number of pyridine rings is 1. The number of furan rings is 1. The van der Waals surface area contributed by atoms with Gasteiger partial charge in [0.1, 0.15) is 35.2 Å². The Labute approximate surface area is 432 Å². The van der Waals surface area contributed by atoms with Crippen LogP contribution in [-0.4, -0.2) is 16.2 Å². The molecule has 0 N–H and O–H groups in total. The molecule has 0 radical (unpaired) electrons. The number of anilines is 4. The largest absolute Gasteiger partial charge is 0.457 e. The van der Waals surface area contributed by atoms with Crippen LogP contribution in [0.15, 0.2) is 192 Å². The van der Waals surface area contributed by atoms with Gasteiger partial charge in [-0.3, -0.25) is 4.57 Å². The lowest BCUT2D eigenvalue weighted by Crippen LogP contribution is -2.25. The Balaban J connectivity index is 0.987. The van der Waals surface area contributed by atoms with Crippen LogP contribution in [0.1, 0.15) is 81.7 Å². The number of rotatable bonds is 9. The van der Waals surface area contributed by atoms with E-state index in [2.05, 4.69) is 117 Å². The van der Waals surface area contributed by atoms with Crippen LogP contribution in [0.5, 0.6) is 11.5 Å². The molecule has 12 rings (SSSR count). The molecule has 6 nitrogen and oxygen atoms in total. The summed E-state index contributed by atoms with van der Waals surface area (Å²) in [6.45, 7) is 17.3. The van der Waals surface area contributed by atoms with Gasteiger partial charge in [0.15, 0.2) is 0 Å². The predicted molar refractivity (Wildman–Crippen MR) is 301 cm³/mol. The minimum absolute atomic E-state index is 0.134. The summed E-state index contributed by atoms with van der Waals surface area (Å²) >= 11 is 0. The van der Waals surface area contributed by atoms with Gasteiger partial charge in [0.2, 0.25) is 0 Å². The molecule has 11 aromatic rings. The number of nitrogens with zero attached hydrogens (tertiary/aromatic N) is 4. The topological polar surface area (TPSA) is 46.7 Å². The summed E-state index contributed by atoms with van der Waals surface area (Å²) in [6, 6.07) is 48.8. The van der Waals surface area contributed by atoms with Crippen molar-refractivity contribution in [2.75, 3.05) is 16.5 Å². The van der Waals surface area contributed by atoms with Crippen LogP contribution < -0.4 is 14.5 Å². The maximum absolute atomic E-state index is 9.27. The molecule has 0 unspecified atom stereocenters. The number of hydrogen-bond acceptors (Lipinski definition) is 5. The Hall–Kier alpha value is -8.09. The first-order valence-electron chi connectivity index (χ1n) is 28.2. The SMILES string of the molecule is [2H]c1c([2H])c([2H])c(-c2cccc(-c3cc(C(C)(C)C)cc(C(C)(C)C)c3)c2N2CN(c3cccc(Oc4ccc5c6c7oc8ccccc8c7ccc6n(-c6cc(C([2H])([2H])C(C)C)ccn6)c5c4)c3)c3ccccc32)c([2H])c1[2H]. The van der Waals surface area contributed by atoms with Crippen molar-refractivity contribution in [1.29, 1.82) is 0 Å². The molecule has 0 atom stereocenters. The third-order valence-corrected chi connectivity index (χ3v) is 13.8. The minimum atomic E-state index is -1.60. The van der Waals surface area contributed by atoms with Crippen molar-refractivity contribution in [2.24, 2.45) is 5.92 Å². The fourth-order valence-electron chi connectivity index (χ4n) is 10.3. The highest BCUT2D eigenvalue weighted by molar-refractivity contribution is 6.24. The second kappa shape index (κ2) is 17.3. The zero-order valence-corrected chi connectivity index (χ0v) is 41.9. The van der Waals surface area contributed by atoms with Crippen molar-refractivity contribution in [1.82, 2.24) is 9.55 Å². The van der Waals surface area contributed by atoms with Crippen molar-refractivity contribution in [3.63, 3.8) is 0 Å². The molecule has 72 heavy (non-hydrogen) atoms. The average Bonchev–Trinajstić information content (AvgIpc) is 4.28. The van der Waals surface area contributed by atoms with Gasteiger partial charge in [0, 0.05) is 54.0 Å². The molecule has 0 bridgehead atoms. The summed E-state index contributed by atoms with van der Waals surface area (Å²) in [5, 5.41) is 3.86. The number of hydrogen-bond donors (Lipinski definition) is 0. The Morgan fingerprint density at radius 2 is 1.31 bits per heavy atom. The first-order valence-corrected chi connectivity index (χ1v) is 24.7. The van der Waals surface area contributed by atoms with Gasteiger partial charge in [-0.25, -0.2) is 4.98 Å². The number of fused-ring (bicyclic) bond motifs is 8. The number of ether oxygens (including phenoxy) is 1. The highest BCUT2D eigenvalue weighted by atomic mass is 16.5. The normalized spacial score (nSPS) is 14.7. The van der Waals surface area contributed by atoms with E-state index < -0.39 is 24.5 Å². The summed E-state index contributed by atoms with van der Waals surface area (Å²) in [4.78, 5) is 9.28. The van der Waals surface area contributed by atoms with E-state index in [1.54, 1.807) is 12.3 Å². The van der Waals surface area contributed by atoms with Crippen LogP contribution in [0.2, 0.25) is 0 Å². The van der Waals surface area contributed by atoms with Crippen molar-refractivity contribution < 1.29 is 18.7 Å². The maximum Gasteiger partial charge on any atom is 0.145 e. The fourth-order valence-corrected chi connectivity index (χ4v) is 10.3. The van der Waals surface area contributed by atoms with E-state index in [-0.39, 0.29) is 34.4 Å². The Morgan fingerprint density at radius 1 is 0.625 bits per heavy atom. The smallest absolute Gasteiger partial charge is 0.145 e. The van der Waals surface area contributed by atoms with Crippen molar-refractivity contribution >= 4 is 66.5 Å². The van der Waals surface area contributed by atoms with E-state index in [0.717, 1.165) is 88.7 Å². The third kappa shape index (κ3) is 7.96. The van der Waals surface area contributed by atoms with Crippen LogP contribution >= 0.6 is 0 Å². The molecule has 0 saturated heterocycles. The van der Waals surface area contributed by atoms with Gasteiger partial charge < -0.3 is 19.0 Å². The van der Waals surface area contributed by atoms with Gasteiger partial charge >= 0.3 is 0 Å². The number of para-hydroxylation sites is 4. The van der Waals surface area contributed by atoms with E-state index in [0.29, 0.717) is 35.1 Å². The molecule has 8 aromatic carbocycles. The van der Waals surface area contributed by atoms with E-state index >= 15 is 0 Å². The molecule has 4 heterocycles. The Morgan fingerprint density at radius 3 is 2.06 bits per heavy atom. The number of aromatic nitrogens is 2. The minimum Gasteiger partial charge on any atom is -0.457 e. The summed E-state index contributed by atoms with van der Waals surface area (Å²) in [5.74, 6) is 1.47. The van der Waals surface area contributed by atoms with Gasteiger partial charge in [-0.1, -0.05) is 158 Å². The third-order valence-electron chi connectivity index (χ3n) is 13.8. The maximum atomic E-state index is 9.27. The number of benzene rings is 8. The molecule has 0 amide bonds. The molecule has 3 aromatic heterocycles. The van der Waals surface area contributed by atoms with Gasteiger partial charge in [-0.2, -0.15) is 0 Å². The van der Waals surface area contributed by atoms with E-state index in [1.807, 2.05) is 98.8 Å². The Bertz CT molecular complexity index is 4220. The molecule has 0 fully saturated rings. The van der Waals surface area contributed by atoms with Gasteiger partial charge in [0.05, 0.1) is 40.3 Å². The molecule has 1 aliphatic heterocycles. The molecular formula is C66H60N4O2. The van der Waals surface area contributed by atoms with Gasteiger partial charge in [-0.15, -0.1) is 0 Å². The molecule has 0 spiro atoms. The van der Waals surface area contributed by atoms with E-state index in [4.69, 9.17) is 21.0 Å². The lowest BCUT2D eigenvalue weighted by molar-refractivity contribution is 0.483. The van der Waals surface area contributed by atoms with Crippen molar-refractivity contribution in [2.45, 2.75) is 72.6 Å². The monoisotopic (exact) mass is 948 g/mol. The van der Waals surface area contributed by atoms with Gasteiger partial charge in [-0.05, 0) is 118 Å². The summed E-state index contributed by atoms with van der Waals surface area (Å²) < 4.78 is 78.2. The van der Waals surface area contributed by atoms with E-state index in [1.165, 1.54) is 0 Å². The van der Waals surface area contributed by atoms with Crippen LogP contribution in [0, 0.1) is 5.92 Å². The molecule has 0 aliphatic carbocycles. The van der Waals surface area contributed by atoms with Crippen LogP contribution in [0.3, 0.4) is 0 Å². The van der Waals surface area contributed by atoms with Crippen molar-refractivity contribution in [3.8, 4) is 39.6 Å². The van der Waals surface area contributed by atoms with Crippen LogP contribution in [0.4, 0.5) is 22.7 Å². The second-order valence-corrected chi connectivity index (χ2v) is 21.2. The zero-order valence-electron chi connectivity index (χ0n) is 48.9. The Kier molecular flexibility index (Phi) is 9.08. The van der Waals surface area contributed by atoms with E-state index in [9.17, 15) is 2.74 Å². The summed E-state index contributed by atoms with van der Waals surface area (Å²) in [5.41, 5.74) is 11.6. The summed E-state index contributed by atoms with van der Waals surface area (Å²) in [7, 11) is 0. The lowest BCUT2D eigenvalue weighted by atomic mass is 9.78. The summed E-state index contributed by atoms with van der Waals surface area (Å²) in [6.07, 6.45) is 0.0764. The van der Waals surface area contributed by atoms with Crippen LogP contribution in [-0.2, 0) is 17.2 Å². The average molecular weight is 948 g/mol. The first kappa shape index (κ1) is 37.7. The standard InChI is InChI=1S/C66H60N4O2/c1-42(2)34-43-32-33-67-61(35-43)70-58-31-30-54-53-22-12-15-27-60(53)72-64(54)62(58)55-29-28-50(40-59(55)70)71-49-21-16-20-48(39-49)68-41-69(57-26-14-13-25-56(57)68)63-51(44-18-10-9-11-19-44)23-17-24-52(63)45-36-46(65(3,4)5)38-47(37-45)66(6,7)8/h9-33,35-40,42H,34,41H2,1-8H3/i9D,10D,11D,18D,19D,34D2. The molecule has 356 valence electrons. The predicted octanol–water partition coefficient (Wildman–Crippen LogP) is 18.2. The lowest BCUT2D eigenvalue weighted by Gasteiger charge is -2.29. The highest BCUT2D eigenvalue weighted by Crippen LogP contribution is 2.51. The van der Waals surface area contributed by atoms with Crippen LogP contribution in [0.25, 0.3) is 71.8 Å². The fraction of sp³-hybridized carbons (Fsp3) is 0.197. The molecule has 6 heteroatoms. The molecule has 0 saturated carbocycles. The quantitative estimate of drug-likeness (QED) is 0.144.